The van der Waals surface area contributed by atoms with Crippen LogP contribution in [0.3, 0.4) is 0 Å². The number of nitrogens with zero attached hydrogens (tertiary/aromatic N) is 3. The normalized spacial score (nSPS) is 19.5. The van der Waals surface area contributed by atoms with Gasteiger partial charge in [-0.2, -0.15) is 0 Å². The smallest absolute Gasteiger partial charge is 0.335 e. The van der Waals surface area contributed by atoms with Crippen molar-refractivity contribution in [3.63, 3.8) is 0 Å². The predicted octanol–water partition coefficient (Wildman–Crippen LogP) is 0.389. The summed E-state index contributed by atoms with van der Waals surface area (Å²) in [6.45, 7) is 1.68. The standard InChI is InChI=1S/C10H14ClN5O3/c11-7-4-14-10(13)9(16(17)18)8(7)15-1-2-19-6(3-12)5-15/h4,6H,1-3,5,12H2,(H2,13,14). The van der Waals surface area contributed by atoms with Gasteiger partial charge in [0, 0.05) is 19.6 Å². The molecule has 0 aliphatic carbocycles. The molecule has 2 rings (SSSR count). The van der Waals surface area contributed by atoms with Crippen LogP contribution in [0.25, 0.3) is 0 Å². The zero-order valence-electron chi connectivity index (χ0n) is 10.1. The summed E-state index contributed by atoms with van der Waals surface area (Å²) in [5.41, 5.74) is 11.1. The van der Waals surface area contributed by atoms with E-state index in [-0.39, 0.29) is 28.3 Å². The minimum atomic E-state index is -0.573. The molecule has 0 aromatic carbocycles. The molecule has 1 aromatic rings. The fourth-order valence-corrected chi connectivity index (χ4v) is 2.29. The second-order valence-electron chi connectivity index (χ2n) is 4.12. The van der Waals surface area contributed by atoms with E-state index >= 15 is 0 Å². The quantitative estimate of drug-likeness (QED) is 0.609. The minimum absolute atomic E-state index is 0.153. The maximum atomic E-state index is 11.1. The van der Waals surface area contributed by atoms with Crippen molar-refractivity contribution in [3.05, 3.63) is 21.3 Å². The lowest BCUT2D eigenvalue weighted by Crippen LogP contribution is -2.46. The number of nitrogen functional groups attached to an aromatic ring is 1. The van der Waals surface area contributed by atoms with Crippen LogP contribution in [0.5, 0.6) is 0 Å². The second-order valence-corrected chi connectivity index (χ2v) is 4.53. The topological polar surface area (TPSA) is 121 Å². The van der Waals surface area contributed by atoms with E-state index in [9.17, 15) is 10.1 Å². The third-order valence-corrected chi connectivity index (χ3v) is 3.19. The molecule has 19 heavy (non-hydrogen) atoms. The van der Waals surface area contributed by atoms with Crippen LogP contribution in [-0.4, -0.2) is 42.3 Å². The Morgan fingerprint density at radius 3 is 3.05 bits per heavy atom. The van der Waals surface area contributed by atoms with Gasteiger partial charge in [-0.25, -0.2) is 4.98 Å². The van der Waals surface area contributed by atoms with Crippen LogP contribution in [0, 0.1) is 10.1 Å². The van der Waals surface area contributed by atoms with Crippen LogP contribution in [0.15, 0.2) is 6.20 Å². The molecular weight excluding hydrogens is 274 g/mol. The Morgan fingerprint density at radius 1 is 1.68 bits per heavy atom. The van der Waals surface area contributed by atoms with Crippen molar-refractivity contribution >= 4 is 28.8 Å². The van der Waals surface area contributed by atoms with Crippen LogP contribution < -0.4 is 16.4 Å². The van der Waals surface area contributed by atoms with Crippen molar-refractivity contribution < 1.29 is 9.66 Å². The highest BCUT2D eigenvalue weighted by Gasteiger charge is 2.30. The summed E-state index contributed by atoms with van der Waals surface area (Å²) in [4.78, 5) is 16.0. The first-order valence-corrected chi connectivity index (χ1v) is 6.07. The van der Waals surface area contributed by atoms with Gasteiger partial charge in [-0.3, -0.25) is 10.1 Å². The number of pyridine rings is 1. The fourth-order valence-electron chi connectivity index (χ4n) is 2.03. The molecular formula is C10H14ClN5O3. The first kappa shape index (κ1) is 13.8. The molecule has 0 saturated carbocycles. The summed E-state index contributed by atoms with van der Waals surface area (Å²) in [5.74, 6) is -0.153. The summed E-state index contributed by atoms with van der Waals surface area (Å²) in [6.07, 6.45) is 1.13. The predicted molar refractivity (Wildman–Crippen MR) is 71.3 cm³/mol. The highest BCUT2D eigenvalue weighted by Crippen LogP contribution is 2.38. The van der Waals surface area contributed by atoms with E-state index in [1.807, 2.05) is 0 Å². The van der Waals surface area contributed by atoms with Crippen molar-refractivity contribution in [1.82, 2.24) is 4.98 Å². The van der Waals surface area contributed by atoms with Gasteiger partial charge in [0.15, 0.2) is 0 Å². The molecule has 0 radical (unpaired) electrons. The highest BCUT2D eigenvalue weighted by molar-refractivity contribution is 6.33. The molecule has 104 valence electrons. The van der Waals surface area contributed by atoms with E-state index in [1.54, 1.807) is 4.90 Å². The molecule has 1 aliphatic heterocycles. The van der Waals surface area contributed by atoms with Gasteiger partial charge in [0.25, 0.3) is 0 Å². The average Bonchev–Trinajstić information content (AvgIpc) is 2.40. The summed E-state index contributed by atoms with van der Waals surface area (Å²) in [6, 6.07) is 0. The van der Waals surface area contributed by atoms with E-state index in [2.05, 4.69) is 4.98 Å². The maximum Gasteiger partial charge on any atom is 0.335 e. The van der Waals surface area contributed by atoms with Gasteiger partial charge >= 0.3 is 5.69 Å². The first-order chi connectivity index (χ1) is 9.04. The number of anilines is 2. The van der Waals surface area contributed by atoms with Crippen molar-refractivity contribution in [1.29, 1.82) is 0 Å². The van der Waals surface area contributed by atoms with Gasteiger partial charge < -0.3 is 21.1 Å². The number of morpholine rings is 1. The Balaban J connectivity index is 2.43. The molecule has 8 nitrogen and oxygen atoms in total. The van der Waals surface area contributed by atoms with Gasteiger partial charge in [0.2, 0.25) is 5.82 Å². The molecule has 1 fully saturated rings. The highest BCUT2D eigenvalue weighted by atomic mass is 35.5. The molecule has 0 spiro atoms. The third-order valence-electron chi connectivity index (χ3n) is 2.91. The van der Waals surface area contributed by atoms with Crippen LogP contribution in [0.4, 0.5) is 17.2 Å². The number of hydrogen-bond donors (Lipinski definition) is 2. The molecule has 1 unspecified atom stereocenters. The Labute approximate surface area is 114 Å². The van der Waals surface area contributed by atoms with Crippen molar-refractivity contribution in [2.24, 2.45) is 5.73 Å². The number of hydrogen-bond acceptors (Lipinski definition) is 7. The SMILES string of the molecule is NCC1CN(c2c(Cl)cnc(N)c2[N+](=O)[O-])CCO1. The summed E-state index contributed by atoms with van der Waals surface area (Å²) < 4.78 is 5.42. The summed E-state index contributed by atoms with van der Waals surface area (Å²) in [5, 5.41) is 11.3. The van der Waals surface area contributed by atoms with E-state index in [1.165, 1.54) is 6.20 Å². The third kappa shape index (κ3) is 2.70. The Bertz CT molecular complexity index is 498. The molecule has 0 amide bonds. The summed E-state index contributed by atoms with van der Waals surface area (Å²) >= 11 is 6.03. The zero-order chi connectivity index (χ0) is 14.0. The Morgan fingerprint density at radius 2 is 2.42 bits per heavy atom. The van der Waals surface area contributed by atoms with Crippen LogP contribution in [0.1, 0.15) is 0 Å². The maximum absolute atomic E-state index is 11.1. The zero-order valence-corrected chi connectivity index (χ0v) is 10.8. The number of nitrogens with two attached hydrogens (primary N) is 2. The lowest BCUT2D eigenvalue weighted by Gasteiger charge is -2.34. The largest absolute Gasteiger partial charge is 0.378 e. The van der Waals surface area contributed by atoms with Gasteiger partial charge in [0.1, 0.15) is 5.69 Å². The van der Waals surface area contributed by atoms with Crippen LogP contribution >= 0.6 is 11.6 Å². The molecule has 0 bridgehead atoms. The Kier molecular flexibility index (Phi) is 4.03. The second kappa shape index (κ2) is 5.55. The van der Waals surface area contributed by atoms with E-state index in [0.29, 0.717) is 26.2 Å². The van der Waals surface area contributed by atoms with Gasteiger partial charge in [0.05, 0.1) is 28.9 Å². The van der Waals surface area contributed by atoms with Crippen LogP contribution in [0.2, 0.25) is 5.02 Å². The lowest BCUT2D eigenvalue weighted by atomic mass is 10.2. The molecule has 1 atom stereocenters. The molecule has 1 aliphatic rings. The number of aromatic nitrogens is 1. The molecule has 1 aromatic heterocycles. The molecule has 1 saturated heterocycles. The lowest BCUT2D eigenvalue weighted by molar-refractivity contribution is -0.383. The van der Waals surface area contributed by atoms with E-state index in [0.717, 1.165) is 0 Å². The van der Waals surface area contributed by atoms with Gasteiger partial charge in [-0.05, 0) is 0 Å². The molecule has 9 heteroatoms. The number of halogens is 1. The average molecular weight is 288 g/mol. The summed E-state index contributed by atoms with van der Waals surface area (Å²) in [7, 11) is 0. The minimum Gasteiger partial charge on any atom is -0.378 e. The van der Waals surface area contributed by atoms with E-state index in [4.69, 9.17) is 27.8 Å². The van der Waals surface area contributed by atoms with E-state index < -0.39 is 4.92 Å². The van der Waals surface area contributed by atoms with Crippen molar-refractivity contribution in [2.45, 2.75) is 6.10 Å². The number of rotatable bonds is 3. The molecule has 4 N–H and O–H groups in total. The van der Waals surface area contributed by atoms with Crippen molar-refractivity contribution in [3.8, 4) is 0 Å². The fraction of sp³-hybridized carbons (Fsp3) is 0.500. The van der Waals surface area contributed by atoms with Gasteiger partial charge in [-0.15, -0.1) is 0 Å². The first-order valence-electron chi connectivity index (χ1n) is 5.69. The van der Waals surface area contributed by atoms with Crippen LogP contribution in [-0.2, 0) is 4.74 Å². The number of nitro groups is 1. The molecule has 2 heterocycles. The Hall–Kier alpha value is -1.64. The van der Waals surface area contributed by atoms with Gasteiger partial charge in [-0.1, -0.05) is 11.6 Å². The van der Waals surface area contributed by atoms with Crippen molar-refractivity contribution in [2.75, 3.05) is 36.9 Å². The monoisotopic (exact) mass is 287 g/mol. The number of ether oxygens (including phenoxy) is 1.